The van der Waals surface area contributed by atoms with Gasteiger partial charge in [0, 0.05) is 10.0 Å². The Hall–Kier alpha value is -0.345. The summed E-state index contributed by atoms with van der Waals surface area (Å²) in [4.78, 5) is 0. The van der Waals surface area contributed by atoms with Crippen molar-refractivity contribution in [2.75, 3.05) is 0 Å². The van der Waals surface area contributed by atoms with E-state index < -0.39 is 12.3 Å². The molecule has 3 aliphatic carbocycles. The molecule has 6 heteroatoms. The molecule has 0 N–H and O–H groups in total. The van der Waals surface area contributed by atoms with Gasteiger partial charge in [0.05, 0.1) is 0 Å². The van der Waals surface area contributed by atoms with Crippen LogP contribution in [0.1, 0.15) is 24.8 Å². The van der Waals surface area contributed by atoms with Crippen LogP contribution in [-0.4, -0.2) is 6.98 Å². The van der Waals surface area contributed by atoms with Crippen molar-refractivity contribution < 1.29 is 12.9 Å². The van der Waals surface area contributed by atoms with Crippen molar-refractivity contribution in [2.45, 2.75) is 30.0 Å². The van der Waals surface area contributed by atoms with Crippen molar-refractivity contribution in [3.8, 4) is 0 Å². The minimum Gasteiger partial charge on any atom is -0.449 e. The van der Waals surface area contributed by atoms with E-state index >= 15 is 0 Å². The van der Waals surface area contributed by atoms with Crippen LogP contribution in [0.4, 0.5) is 12.9 Å². The maximum absolute atomic E-state index is 12.8. The summed E-state index contributed by atoms with van der Waals surface area (Å²) >= 11 is 11.8. The van der Waals surface area contributed by atoms with Gasteiger partial charge in [-0.25, -0.2) is 0 Å². The van der Waals surface area contributed by atoms with E-state index in [-0.39, 0.29) is 24.7 Å². The molecule has 2 bridgehead atoms. The molecule has 0 aromatic heterocycles. The summed E-state index contributed by atoms with van der Waals surface area (Å²) in [7, 11) is 0. The molecule has 0 amide bonds. The van der Waals surface area contributed by atoms with Gasteiger partial charge in [0.15, 0.2) is 0 Å². The predicted molar refractivity (Wildman–Crippen MR) is 63.8 cm³/mol. The SMILES string of the molecule is F[B-](F)(F)C12CC(c3cc(Cl)cc(Cl)c3)(C1)C2. The maximum atomic E-state index is 12.8. The molecule has 1 aromatic rings. The Balaban J connectivity index is 1.87. The van der Waals surface area contributed by atoms with Crippen LogP contribution in [0.5, 0.6) is 0 Å². The maximum Gasteiger partial charge on any atom is 0.484 e. The van der Waals surface area contributed by atoms with Gasteiger partial charge in [-0.1, -0.05) is 47.8 Å². The molecule has 1 aromatic carbocycles. The lowest BCUT2D eigenvalue weighted by atomic mass is 9.23. The first-order valence-corrected chi connectivity index (χ1v) is 6.18. The van der Waals surface area contributed by atoms with Gasteiger partial charge in [-0.15, -0.1) is 0 Å². The summed E-state index contributed by atoms with van der Waals surface area (Å²) in [5.41, 5.74) is 0.545. The first-order chi connectivity index (χ1) is 7.76. The Bertz CT molecular complexity index is 458. The van der Waals surface area contributed by atoms with E-state index in [1.165, 1.54) is 0 Å². The second-order valence-electron chi connectivity index (χ2n) is 5.41. The van der Waals surface area contributed by atoms with E-state index in [1.54, 1.807) is 18.2 Å². The third-order valence-electron chi connectivity index (χ3n) is 4.24. The highest BCUT2D eigenvalue weighted by Gasteiger charge is 2.74. The van der Waals surface area contributed by atoms with Gasteiger partial charge >= 0.3 is 6.98 Å². The number of halogens is 5. The molecule has 3 fully saturated rings. The van der Waals surface area contributed by atoms with Crippen LogP contribution in [0.25, 0.3) is 0 Å². The summed E-state index contributed by atoms with van der Waals surface area (Å²) in [5.74, 6) is 0. The summed E-state index contributed by atoms with van der Waals surface area (Å²) in [5, 5.41) is -0.387. The minimum absolute atomic E-state index is 0.209. The molecule has 0 nitrogen and oxygen atoms in total. The number of benzene rings is 1. The topological polar surface area (TPSA) is 0 Å². The molecule has 0 spiro atoms. The Kier molecular flexibility index (Phi) is 2.18. The molecule has 0 radical (unpaired) electrons. The van der Waals surface area contributed by atoms with Gasteiger partial charge in [-0.2, -0.15) is 0 Å². The van der Waals surface area contributed by atoms with Gasteiger partial charge in [-0.3, -0.25) is 0 Å². The predicted octanol–water partition coefficient (Wildman–Crippen LogP) is 5.02. The van der Waals surface area contributed by atoms with Gasteiger partial charge < -0.3 is 12.9 Å². The van der Waals surface area contributed by atoms with Crippen molar-refractivity contribution in [1.29, 1.82) is 0 Å². The molecule has 0 unspecified atom stereocenters. The monoisotopic (exact) mass is 279 g/mol. The zero-order valence-corrected chi connectivity index (χ0v) is 10.3. The lowest BCUT2D eigenvalue weighted by molar-refractivity contribution is -0.0400. The Morgan fingerprint density at radius 3 is 1.82 bits per heavy atom. The third-order valence-corrected chi connectivity index (χ3v) is 4.68. The molecular formula is C11H9BCl2F3-. The molecule has 92 valence electrons. The van der Waals surface area contributed by atoms with Crippen molar-refractivity contribution in [2.24, 2.45) is 0 Å². The van der Waals surface area contributed by atoms with Gasteiger partial charge in [-0.05, 0) is 29.2 Å². The fourth-order valence-corrected chi connectivity index (χ4v) is 3.91. The molecule has 0 saturated heterocycles. The zero-order chi connectivity index (χ0) is 12.5. The average molecular weight is 280 g/mol. The molecule has 0 heterocycles. The second-order valence-corrected chi connectivity index (χ2v) is 6.28. The van der Waals surface area contributed by atoms with Crippen LogP contribution in [0.15, 0.2) is 18.2 Å². The molecular weight excluding hydrogens is 271 g/mol. The van der Waals surface area contributed by atoms with Gasteiger partial charge in [0.25, 0.3) is 0 Å². The van der Waals surface area contributed by atoms with E-state index in [4.69, 9.17) is 23.2 Å². The Morgan fingerprint density at radius 1 is 0.941 bits per heavy atom. The van der Waals surface area contributed by atoms with Crippen LogP contribution in [0.3, 0.4) is 0 Å². The normalized spacial score (nSPS) is 35.1. The van der Waals surface area contributed by atoms with Crippen LogP contribution >= 0.6 is 23.2 Å². The zero-order valence-electron chi connectivity index (χ0n) is 8.82. The highest BCUT2D eigenvalue weighted by molar-refractivity contribution is 6.63. The third kappa shape index (κ3) is 1.46. The average Bonchev–Trinajstić information content (AvgIpc) is 1.91. The molecule has 4 rings (SSSR count). The smallest absolute Gasteiger partial charge is 0.449 e. The number of hydrogen-bond donors (Lipinski definition) is 0. The minimum atomic E-state index is -4.72. The molecule has 3 aliphatic rings. The largest absolute Gasteiger partial charge is 0.484 e. The standard InChI is InChI=1S/C11H9BCl2F3/c13-8-1-7(2-9(14)3-8)10-4-11(5-10,6-10)12(15,16)17/h1-3H,4-6H2/q-1. The molecule has 17 heavy (non-hydrogen) atoms. The Morgan fingerprint density at radius 2 is 1.41 bits per heavy atom. The van der Waals surface area contributed by atoms with Crippen LogP contribution < -0.4 is 0 Å². The van der Waals surface area contributed by atoms with E-state index in [2.05, 4.69) is 0 Å². The highest BCUT2D eigenvalue weighted by Crippen LogP contribution is 2.82. The fraction of sp³-hybridized carbons (Fsp3) is 0.455. The van der Waals surface area contributed by atoms with E-state index in [0.717, 1.165) is 5.56 Å². The lowest BCUT2D eigenvalue weighted by Gasteiger charge is -2.75. The first-order valence-electron chi connectivity index (χ1n) is 5.42. The van der Waals surface area contributed by atoms with Crippen LogP contribution in [0, 0.1) is 0 Å². The van der Waals surface area contributed by atoms with Crippen LogP contribution in [-0.2, 0) is 5.41 Å². The Labute approximate surface area is 107 Å². The fourth-order valence-electron chi connectivity index (χ4n) is 3.38. The molecule has 0 atom stereocenters. The summed E-state index contributed by atoms with van der Waals surface area (Å²) in [6.07, 6.45) is 0.626. The van der Waals surface area contributed by atoms with Crippen molar-refractivity contribution in [1.82, 2.24) is 0 Å². The van der Waals surface area contributed by atoms with Gasteiger partial charge in [0.1, 0.15) is 0 Å². The van der Waals surface area contributed by atoms with Crippen LogP contribution in [0.2, 0.25) is 15.4 Å². The number of hydrogen-bond acceptors (Lipinski definition) is 0. The van der Waals surface area contributed by atoms with E-state index in [9.17, 15) is 12.9 Å². The van der Waals surface area contributed by atoms with Gasteiger partial charge in [0.2, 0.25) is 0 Å². The van der Waals surface area contributed by atoms with Crippen molar-refractivity contribution in [3.63, 3.8) is 0 Å². The summed E-state index contributed by atoms with van der Waals surface area (Å²) in [6.45, 7) is -4.72. The first kappa shape index (κ1) is 11.7. The quantitative estimate of drug-likeness (QED) is 0.667. The van der Waals surface area contributed by atoms with E-state index in [1.807, 2.05) is 0 Å². The van der Waals surface area contributed by atoms with Crippen molar-refractivity contribution >= 4 is 30.2 Å². The molecule has 0 aliphatic heterocycles. The highest BCUT2D eigenvalue weighted by atomic mass is 35.5. The van der Waals surface area contributed by atoms with Crippen molar-refractivity contribution in [3.05, 3.63) is 33.8 Å². The van der Waals surface area contributed by atoms with E-state index in [0.29, 0.717) is 10.0 Å². The second kappa shape index (κ2) is 3.15. The summed E-state index contributed by atoms with van der Waals surface area (Å²) in [6, 6.07) is 5.07. The number of rotatable bonds is 2. The summed E-state index contributed by atoms with van der Waals surface area (Å²) < 4.78 is 38.3. The molecule has 3 saturated carbocycles. The lowest BCUT2D eigenvalue weighted by Crippen LogP contribution is -2.67.